The minimum Gasteiger partial charge on any atom is -0.271 e. The number of amides is 1. The van der Waals surface area contributed by atoms with Crippen molar-refractivity contribution in [3.8, 4) is 0 Å². The maximum absolute atomic E-state index is 12.8. The Kier molecular flexibility index (Phi) is 4.75. The molecule has 1 aliphatic heterocycles. The van der Waals surface area contributed by atoms with E-state index in [4.69, 9.17) is 0 Å². The fourth-order valence-electron chi connectivity index (χ4n) is 2.43. The van der Waals surface area contributed by atoms with Crippen molar-refractivity contribution < 1.29 is 9.18 Å². The highest BCUT2D eigenvalue weighted by atomic mass is 19.1. The number of carbonyl (C=O) groups excluding carboxylic acids is 1. The third kappa shape index (κ3) is 4.00. The van der Waals surface area contributed by atoms with Gasteiger partial charge >= 0.3 is 0 Å². The molecule has 2 aromatic rings. The Labute approximate surface area is 133 Å². The van der Waals surface area contributed by atoms with Gasteiger partial charge in [-0.25, -0.2) is 20.7 Å². The van der Waals surface area contributed by atoms with Gasteiger partial charge in [-0.2, -0.15) is 5.10 Å². The minimum atomic E-state index is -0.356. The summed E-state index contributed by atoms with van der Waals surface area (Å²) >= 11 is 0. The number of carbonyl (C=O) groups is 1. The van der Waals surface area contributed by atoms with Crippen molar-refractivity contribution in [2.45, 2.75) is 18.5 Å². The topological polar surface area (TPSA) is 65.5 Å². The molecule has 1 aliphatic rings. The fraction of sp³-hybridized carbons (Fsp3) is 0.176. The summed E-state index contributed by atoms with van der Waals surface area (Å²) in [4.78, 5) is 12.1. The second kappa shape index (κ2) is 7.13. The lowest BCUT2D eigenvalue weighted by Gasteiger charge is -2.08. The summed E-state index contributed by atoms with van der Waals surface area (Å²) in [5, 5.41) is 3.90. The fourth-order valence-corrected chi connectivity index (χ4v) is 2.43. The number of halogens is 1. The first kappa shape index (κ1) is 15.3. The number of nitrogens with zero attached hydrogens (tertiary/aromatic N) is 1. The van der Waals surface area contributed by atoms with Crippen LogP contribution in [0, 0.1) is 5.82 Å². The predicted molar refractivity (Wildman–Crippen MR) is 86.0 cm³/mol. The van der Waals surface area contributed by atoms with E-state index < -0.39 is 0 Å². The Balaban J connectivity index is 1.52. The first-order chi connectivity index (χ1) is 11.2. The molecule has 1 fully saturated rings. The van der Waals surface area contributed by atoms with Crippen LogP contribution >= 0.6 is 0 Å². The van der Waals surface area contributed by atoms with Gasteiger partial charge in [-0.15, -0.1) is 0 Å². The van der Waals surface area contributed by atoms with Crippen molar-refractivity contribution in [3.63, 3.8) is 0 Å². The molecular formula is C17H17FN4O. The highest BCUT2D eigenvalue weighted by molar-refractivity contribution is 5.85. The number of nitrogens with one attached hydrogen (secondary N) is 3. The smallest absolute Gasteiger partial charge is 0.258 e. The number of hydrazone groups is 1. The molecule has 6 heteroatoms. The van der Waals surface area contributed by atoms with Gasteiger partial charge < -0.3 is 0 Å². The summed E-state index contributed by atoms with van der Waals surface area (Å²) in [5.74, 6) is -0.520. The Morgan fingerprint density at radius 3 is 2.61 bits per heavy atom. The van der Waals surface area contributed by atoms with Crippen molar-refractivity contribution in [2.24, 2.45) is 5.10 Å². The third-order valence-electron chi connectivity index (χ3n) is 3.68. The van der Waals surface area contributed by atoms with Gasteiger partial charge in [0.2, 0.25) is 0 Å². The van der Waals surface area contributed by atoms with Crippen LogP contribution in [-0.4, -0.2) is 18.2 Å². The summed E-state index contributed by atoms with van der Waals surface area (Å²) in [6, 6.07) is 15.5. The second-order valence-corrected chi connectivity index (χ2v) is 5.33. The predicted octanol–water partition coefficient (Wildman–Crippen LogP) is 1.88. The first-order valence-electron chi connectivity index (χ1n) is 7.37. The molecule has 23 heavy (non-hydrogen) atoms. The van der Waals surface area contributed by atoms with Crippen LogP contribution in [0.15, 0.2) is 59.7 Å². The molecule has 0 aromatic heterocycles. The number of hydrogen-bond acceptors (Lipinski definition) is 4. The van der Waals surface area contributed by atoms with Crippen LogP contribution in [0.25, 0.3) is 0 Å². The zero-order valence-electron chi connectivity index (χ0n) is 12.4. The lowest BCUT2D eigenvalue weighted by Crippen LogP contribution is -2.41. The number of hydrazine groups is 1. The SMILES string of the molecule is O=C(N/N=C/c1ccc(F)cc1)C1CC(c2ccccc2)NN1. The van der Waals surface area contributed by atoms with E-state index in [0.29, 0.717) is 12.0 Å². The highest BCUT2D eigenvalue weighted by Gasteiger charge is 2.29. The maximum atomic E-state index is 12.8. The average Bonchev–Trinajstić information content (AvgIpc) is 3.07. The summed E-state index contributed by atoms with van der Waals surface area (Å²) < 4.78 is 12.8. The molecule has 0 bridgehead atoms. The Hall–Kier alpha value is -2.57. The van der Waals surface area contributed by atoms with Crippen LogP contribution in [0.5, 0.6) is 0 Å². The van der Waals surface area contributed by atoms with Gasteiger partial charge in [-0.1, -0.05) is 42.5 Å². The molecule has 1 saturated heterocycles. The normalized spacial score (nSPS) is 20.7. The molecule has 0 saturated carbocycles. The van der Waals surface area contributed by atoms with Crippen LogP contribution in [0.3, 0.4) is 0 Å². The van der Waals surface area contributed by atoms with Crippen LogP contribution in [0.2, 0.25) is 0 Å². The summed E-state index contributed by atoms with van der Waals surface area (Å²) in [5.41, 5.74) is 10.4. The highest BCUT2D eigenvalue weighted by Crippen LogP contribution is 2.21. The van der Waals surface area contributed by atoms with Crippen molar-refractivity contribution in [1.82, 2.24) is 16.3 Å². The van der Waals surface area contributed by atoms with Crippen molar-refractivity contribution in [1.29, 1.82) is 0 Å². The monoisotopic (exact) mass is 312 g/mol. The van der Waals surface area contributed by atoms with E-state index >= 15 is 0 Å². The van der Waals surface area contributed by atoms with E-state index in [1.54, 1.807) is 12.1 Å². The molecule has 2 unspecified atom stereocenters. The lowest BCUT2D eigenvalue weighted by atomic mass is 10.0. The largest absolute Gasteiger partial charge is 0.271 e. The van der Waals surface area contributed by atoms with Crippen LogP contribution in [0.1, 0.15) is 23.6 Å². The molecule has 118 valence electrons. The Morgan fingerprint density at radius 2 is 1.87 bits per heavy atom. The molecule has 0 radical (unpaired) electrons. The molecule has 3 N–H and O–H groups in total. The third-order valence-corrected chi connectivity index (χ3v) is 3.68. The van der Waals surface area contributed by atoms with Gasteiger partial charge in [0.25, 0.3) is 5.91 Å². The molecular weight excluding hydrogens is 295 g/mol. The minimum absolute atomic E-state index is 0.0908. The van der Waals surface area contributed by atoms with Crippen LogP contribution in [0.4, 0.5) is 4.39 Å². The quantitative estimate of drug-likeness (QED) is 0.596. The number of hydrogen-bond donors (Lipinski definition) is 3. The van der Waals surface area contributed by atoms with E-state index in [-0.39, 0.29) is 23.8 Å². The van der Waals surface area contributed by atoms with E-state index in [0.717, 1.165) is 5.56 Å². The molecule has 0 aliphatic carbocycles. The van der Waals surface area contributed by atoms with Gasteiger partial charge in [-0.3, -0.25) is 4.79 Å². The van der Waals surface area contributed by atoms with E-state index in [1.807, 2.05) is 30.3 Å². The van der Waals surface area contributed by atoms with E-state index in [2.05, 4.69) is 21.4 Å². The first-order valence-corrected chi connectivity index (χ1v) is 7.37. The van der Waals surface area contributed by atoms with Gasteiger partial charge in [0.05, 0.1) is 6.21 Å². The van der Waals surface area contributed by atoms with Gasteiger partial charge in [-0.05, 0) is 29.7 Å². The standard InChI is InChI=1S/C17H17FN4O/c18-14-8-6-12(7-9-14)11-19-22-17(23)16-10-15(20-21-16)13-4-2-1-3-5-13/h1-9,11,15-16,20-21H,10H2,(H,22,23)/b19-11+. The van der Waals surface area contributed by atoms with Gasteiger partial charge in [0.15, 0.2) is 0 Å². The van der Waals surface area contributed by atoms with Crippen molar-refractivity contribution in [2.75, 3.05) is 0 Å². The van der Waals surface area contributed by atoms with E-state index in [1.165, 1.54) is 18.3 Å². The van der Waals surface area contributed by atoms with E-state index in [9.17, 15) is 9.18 Å². The molecule has 1 heterocycles. The zero-order valence-corrected chi connectivity index (χ0v) is 12.4. The lowest BCUT2D eigenvalue weighted by molar-refractivity contribution is -0.122. The molecule has 2 aromatic carbocycles. The summed E-state index contributed by atoms with van der Waals surface area (Å²) in [6.07, 6.45) is 2.12. The van der Waals surface area contributed by atoms with Gasteiger partial charge in [0.1, 0.15) is 11.9 Å². The van der Waals surface area contributed by atoms with Gasteiger partial charge in [0, 0.05) is 6.04 Å². The number of benzene rings is 2. The Morgan fingerprint density at radius 1 is 1.13 bits per heavy atom. The molecule has 0 spiro atoms. The molecule has 1 amide bonds. The van der Waals surface area contributed by atoms with Crippen LogP contribution < -0.4 is 16.3 Å². The van der Waals surface area contributed by atoms with Crippen LogP contribution in [-0.2, 0) is 4.79 Å². The Bertz CT molecular complexity index is 687. The molecule has 5 nitrogen and oxygen atoms in total. The average molecular weight is 312 g/mol. The molecule has 2 atom stereocenters. The summed E-state index contributed by atoms with van der Waals surface area (Å²) in [6.45, 7) is 0. The van der Waals surface area contributed by atoms with Crippen molar-refractivity contribution >= 4 is 12.1 Å². The second-order valence-electron chi connectivity index (χ2n) is 5.33. The number of rotatable bonds is 4. The summed E-state index contributed by atoms with van der Waals surface area (Å²) in [7, 11) is 0. The molecule has 3 rings (SSSR count). The zero-order chi connectivity index (χ0) is 16.1. The van der Waals surface area contributed by atoms with Crippen molar-refractivity contribution in [3.05, 3.63) is 71.5 Å². The maximum Gasteiger partial charge on any atom is 0.258 e.